The molecular formula is C16H20N2O4S. The molecule has 1 aromatic carbocycles. The molecule has 6 nitrogen and oxygen atoms in total. The van der Waals surface area contributed by atoms with E-state index in [1.54, 1.807) is 30.3 Å². The van der Waals surface area contributed by atoms with Gasteiger partial charge in [-0.1, -0.05) is 18.2 Å². The van der Waals surface area contributed by atoms with Crippen molar-refractivity contribution in [2.24, 2.45) is 0 Å². The summed E-state index contributed by atoms with van der Waals surface area (Å²) in [6.45, 7) is 3.37. The Labute approximate surface area is 136 Å². The Bertz CT molecular complexity index is 725. The summed E-state index contributed by atoms with van der Waals surface area (Å²) in [6, 6.07) is 11.3. The molecule has 0 atom stereocenters. The molecule has 1 heterocycles. The number of furan rings is 1. The van der Waals surface area contributed by atoms with Crippen molar-refractivity contribution in [2.45, 2.75) is 31.3 Å². The van der Waals surface area contributed by atoms with E-state index >= 15 is 0 Å². The molecule has 23 heavy (non-hydrogen) atoms. The predicted molar refractivity (Wildman–Crippen MR) is 86.0 cm³/mol. The molecule has 0 radical (unpaired) electrons. The zero-order chi connectivity index (χ0) is 16.9. The Morgan fingerprint density at radius 3 is 2.43 bits per heavy atom. The van der Waals surface area contributed by atoms with Crippen LogP contribution in [0.2, 0.25) is 0 Å². The van der Waals surface area contributed by atoms with Crippen molar-refractivity contribution in [3.8, 4) is 0 Å². The molecule has 7 heteroatoms. The molecule has 1 amide bonds. The molecule has 0 spiro atoms. The van der Waals surface area contributed by atoms with Crippen LogP contribution in [-0.4, -0.2) is 31.2 Å². The first-order chi connectivity index (χ1) is 10.9. The van der Waals surface area contributed by atoms with Crippen LogP contribution in [0.3, 0.4) is 0 Å². The van der Waals surface area contributed by atoms with Crippen LogP contribution in [-0.2, 0) is 21.4 Å². The number of hydrogen-bond acceptors (Lipinski definition) is 4. The van der Waals surface area contributed by atoms with Crippen LogP contribution in [0.1, 0.15) is 19.6 Å². The van der Waals surface area contributed by atoms with Crippen molar-refractivity contribution in [2.75, 3.05) is 6.54 Å². The molecule has 0 unspecified atom stereocenters. The van der Waals surface area contributed by atoms with Gasteiger partial charge in [-0.2, -0.15) is 4.31 Å². The second-order valence-corrected chi connectivity index (χ2v) is 7.33. The minimum Gasteiger partial charge on any atom is -0.468 e. The summed E-state index contributed by atoms with van der Waals surface area (Å²) in [5, 5.41) is 2.70. The number of nitrogens with one attached hydrogen (secondary N) is 1. The number of sulfonamides is 1. The summed E-state index contributed by atoms with van der Waals surface area (Å²) in [6.07, 6.45) is 1.47. The molecule has 0 aliphatic carbocycles. The largest absolute Gasteiger partial charge is 0.468 e. The normalized spacial score (nSPS) is 11.8. The molecule has 0 aliphatic heterocycles. The molecule has 1 N–H and O–H groups in total. The summed E-state index contributed by atoms with van der Waals surface area (Å²) in [5.74, 6) is 0.118. The van der Waals surface area contributed by atoms with Gasteiger partial charge < -0.3 is 9.73 Å². The molecule has 2 aromatic rings. The lowest BCUT2D eigenvalue weighted by molar-refractivity contribution is -0.121. The van der Waals surface area contributed by atoms with E-state index in [1.165, 1.54) is 18.4 Å². The highest BCUT2D eigenvalue weighted by Gasteiger charge is 2.27. The predicted octanol–water partition coefficient (Wildman–Crippen LogP) is 2.00. The molecule has 124 valence electrons. The minimum absolute atomic E-state index is 0.00422. The van der Waals surface area contributed by atoms with E-state index in [4.69, 9.17) is 4.42 Å². The van der Waals surface area contributed by atoms with Gasteiger partial charge in [-0.25, -0.2) is 8.42 Å². The van der Waals surface area contributed by atoms with Gasteiger partial charge in [0.15, 0.2) is 0 Å². The lowest BCUT2D eigenvalue weighted by Crippen LogP contribution is -2.42. The van der Waals surface area contributed by atoms with Crippen molar-refractivity contribution in [1.29, 1.82) is 0 Å². The first-order valence-electron chi connectivity index (χ1n) is 7.26. The zero-order valence-electron chi connectivity index (χ0n) is 13.1. The van der Waals surface area contributed by atoms with E-state index in [9.17, 15) is 13.2 Å². The Balaban J connectivity index is 2.27. The third-order valence-electron chi connectivity index (χ3n) is 3.06. The van der Waals surface area contributed by atoms with Crippen molar-refractivity contribution in [1.82, 2.24) is 9.62 Å². The number of nitrogens with zero attached hydrogens (tertiary/aromatic N) is 1. The molecular weight excluding hydrogens is 316 g/mol. The van der Waals surface area contributed by atoms with Gasteiger partial charge in [-0.15, -0.1) is 0 Å². The summed E-state index contributed by atoms with van der Waals surface area (Å²) < 4.78 is 31.9. The van der Waals surface area contributed by atoms with E-state index < -0.39 is 10.0 Å². The average molecular weight is 336 g/mol. The number of rotatable bonds is 7. The quantitative estimate of drug-likeness (QED) is 0.838. The van der Waals surface area contributed by atoms with E-state index in [0.29, 0.717) is 5.76 Å². The Morgan fingerprint density at radius 1 is 1.17 bits per heavy atom. The number of hydrogen-bond donors (Lipinski definition) is 1. The zero-order valence-corrected chi connectivity index (χ0v) is 13.9. The molecule has 0 saturated carbocycles. The van der Waals surface area contributed by atoms with E-state index in [0.717, 1.165) is 4.31 Å². The van der Waals surface area contributed by atoms with Gasteiger partial charge in [0.1, 0.15) is 5.76 Å². The second kappa shape index (κ2) is 7.43. The Morgan fingerprint density at radius 2 is 1.87 bits per heavy atom. The maximum absolute atomic E-state index is 12.8. The first kappa shape index (κ1) is 17.2. The van der Waals surface area contributed by atoms with E-state index in [2.05, 4.69) is 5.32 Å². The third kappa shape index (κ3) is 4.67. The summed E-state index contributed by atoms with van der Waals surface area (Å²) >= 11 is 0. The molecule has 0 saturated heterocycles. The maximum atomic E-state index is 12.8. The fourth-order valence-electron chi connectivity index (χ4n) is 2.07. The highest BCUT2D eigenvalue weighted by atomic mass is 32.2. The van der Waals surface area contributed by atoms with Crippen LogP contribution in [0.15, 0.2) is 58.0 Å². The highest BCUT2D eigenvalue weighted by Crippen LogP contribution is 2.18. The van der Waals surface area contributed by atoms with Crippen LogP contribution in [0.4, 0.5) is 0 Å². The number of carbonyl (C=O) groups excluding carboxylic acids is 1. The van der Waals surface area contributed by atoms with Crippen molar-refractivity contribution < 1.29 is 17.6 Å². The first-order valence-corrected chi connectivity index (χ1v) is 8.70. The van der Waals surface area contributed by atoms with Crippen molar-refractivity contribution in [3.05, 3.63) is 54.5 Å². The van der Waals surface area contributed by atoms with Gasteiger partial charge in [-0.05, 0) is 38.1 Å². The minimum atomic E-state index is -3.80. The standard InChI is InChI=1S/C16H20N2O4S/c1-13(2)17-16(19)12-18(11-14-7-6-10-22-14)23(20,21)15-8-4-3-5-9-15/h3-10,13H,11-12H2,1-2H3,(H,17,19). The SMILES string of the molecule is CC(C)NC(=O)CN(Cc1ccco1)S(=O)(=O)c1ccccc1. The van der Waals surface area contributed by atoms with Gasteiger partial charge in [0.2, 0.25) is 15.9 Å². The smallest absolute Gasteiger partial charge is 0.243 e. The molecule has 0 aliphatic rings. The van der Waals surface area contributed by atoms with Gasteiger partial charge in [-0.3, -0.25) is 4.79 Å². The molecule has 2 rings (SSSR count). The highest BCUT2D eigenvalue weighted by molar-refractivity contribution is 7.89. The lowest BCUT2D eigenvalue weighted by atomic mass is 10.4. The average Bonchev–Trinajstić information content (AvgIpc) is 2.99. The fourth-order valence-corrected chi connectivity index (χ4v) is 3.46. The fraction of sp³-hybridized carbons (Fsp3) is 0.312. The molecule has 0 bridgehead atoms. The van der Waals surface area contributed by atoms with E-state index in [-0.39, 0.29) is 29.9 Å². The van der Waals surface area contributed by atoms with Crippen LogP contribution in [0.5, 0.6) is 0 Å². The van der Waals surface area contributed by atoms with Gasteiger partial charge in [0.05, 0.1) is 24.2 Å². The van der Waals surface area contributed by atoms with Crippen LogP contribution < -0.4 is 5.32 Å². The van der Waals surface area contributed by atoms with Gasteiger partial charge >= 0.3 is 0 Å². The van der Waals surface area contributed by atoms with Crippen molar-refractivity contribution >= 4 is 15.9 Å². The summed E-state index contributed by atoms with van der Waals surface area (Å²) in [5.41, 5.74) is 0. The van der Waals surface area contributed by atoms with Gasteiger partial charge in [0, 0.05) is 6.04 Å². The Hall–Kier alpha value is -2.12. The second-order valence-electron chi connectivity index (χ2n) is 5.39. The Kier molecular flexibility index (Phi) is 5.57. The number of benzene rings is 1. The molecule has 0 fully saturated rings. The van der Waals surface area contributed by atoms with Crippen LogP contribution in [0.25, 0.3) is 0 Å². The molecule has 1 aromatic heterocycles. The van der Waals surface area contributed by atoms with E-state index in [1.807, 2.05) is 13.8 Å². The number of amides is 1. The van der Waals surface area contributed by atoms with Crippen LogP contribution >= 0.6 is 0 Å². The van der Waals surface area contributed by atoms with Crippen molar-refractivity contribution in [3.63, 3.8) is 0 Å². The number of carbonyl (C=O) groups is 1. The lowest BCUT2D eigenvalue weighted by Gasteiger charge is -2.21. The van der Waals surface area contributed by atoms with Crippen LogP contribution in [0, 0.1) is 0 Å². The maximum Gasteiger partial charge on any atom is 0.243 e. The third-order valence-corrected chi connectivity index (χ3v) is 4.87. The summed E-state index contributed by atoms with van der Waals surface area (Å²) in [7, 11) is -3.80. The van der Waals surface area contributed by atoms with Gasteiger partial charge in [0.25, 0.3) is 0 Å². The monoisotopic (exact) mass is 336 g/mol. The summed E-state index contributed by atoms with van der Waals surface area (Å²) in [4.78, 5) is 12.2. The topological polar surface area (TPSA) is 79.6 Å².